The first-order chi connectivity index (χ1) is 15.5. The van der Waals surface area contributed by atoms with Gasteiger partial charge < -0.3 is 15.4 Å². The Morgan fingerprint density at radius 2 is 1.41 bits per heavy atom. The van der Waals surface area contributed by atoms with Crippen molar-refractivity contribution >= 4 is 36.1 Å². The van der Waals surface area contributed by atoms with Crippen LogP contribution >= 0.6 is 12.6 Å². The van der Waals surface area contributed by atoms with Crippen LogP contribution in [0.4, 0.5) is 10.5 Å². The molecule has 6 nitrogen and oxygen atoms in total. The number of carbonyl (C=O) groups is 3. The summed E-state index contributed by atoms with van der Waals surface area (Å²) in [7, 11) is 0. The molecule has 1 unspecified atom stereocenters. The Balaban J connectivity index is 1.65. The van der Waals surface area contributed by atoms with E-state index in [0.717, 1.165) is 11.1 Å². The Hall–Kier alpha value is -3.58. The zero-order chi connectivity index (χ0) is 22.8. The minimum atomic E-state index is -1.04. The van der Waals surface area contributed by atoms with Crippen LogP contribution in [0.1, 0.15) is 17.5 Å². The number of hydrogen-bond donors (Lipinski definition) is 3. The smallest absolute Gasteiger partial charge is 0.408 e. The molecular formula is C25H24N2O4S. The fraction of sp³-hybridized carbons (Fsp3) is 0.160. The van der Waals surface area contributed by atoms with Gasteiger partial charge in [0.15, 0.2) is 5.78 Å². The van der Waals surface area contributed by atoms with Gasteiger partial charge in [0.1, 0.15) is 6.61 Å². The number of carbonyl (C=O) groups excluding carboxylic acids is 3. The molecular weight excluding hydrogens is 424 g/mol. The quantitative estimate of drug-likeness (QED) is 0.424. The minimum absolute atomic E-state index is 0.0610. The van der Waals surface area contributed by atoms with Gasteiger partial charge in [-0.3, -0.25) is 9.59 Å². The van der Waals surface area contributed by atoms with Gasteiger partial charge in [0.25, 0.3) is 0 Å². The van der Waals surface area contributed by atoms with Crippen molar-refractivity contribution in [3.05, 3.63) is 96.1 Å². The number of amides is 2. The number of para-hydroxylation sites is 1. The monoisotopic (exact) mass is 448 g/mol. The molecule has 1 atom stereocenters. The third kappa shape index (κ3) is 7.28. The number of thiol groups is 1. The third-order valence-electron chi connectivity index (χ3n) is 4.68. The van der Waals surface area contributed by atoms with E-state index in [1.165, 1.54) is 0 Å². The first-order valence-corrected chi connectivity index (χ1v) is 10.6. The molecule has 0 aliphatic heterocycles. The normalized spacial score (nSPS) is 11.3. The Morgan fingerprint density at radius 3 is 2.06 bits per heavy atom. The molecule has 0 heterocycles. The summed E-state index contributed by atoms with van der Waals surface area (Å²) in [5.74, 6) is -0.705. The molecule has 0 bridgehead atoms. The molecule has 7 heteroatoms. The van der Waals surface area contributed by atoms with Crippen LogP contribution in [-0.2, 0) is 27.4 Å². The molecule has 3 rings (SSSR count). The summed E-state index contributed by atoms with van der Waals surface area (Å²) >= 11 is 4.32. The van der Waals surface area contributed by atoms with Crippen LogP contribution in [0.2, 0.25) is 0 Å². The van der Waals surface area contributed by atoms with E-state index >= 15 is 0 Å². The van der Waals surface area contributed by atoms with Gasteiger partial charge in [0.2, 0.25) is 5.91 Å². The number of benzene rings is 3. The summed E-state index contributed by atoms with van der Waals surface area (Å²) in [6.45, 7) is 0.0610. The molecule has 0 spiro atoms. The number of ketones is 1. The van der Waals surface area contributed by atoms with Crippen LogP contribution in [-0.4, -0.2) is 23.8 Å². The van der Waals surface area contributed by atoms with Crippen molar-refractivity contribution < 1.29 is 19.1 Å². The minimum Gasteiger partial charge on any atom is -0.445 e. The van der Waals surface area contributed by atoms with E-state index in [1.54, 1.807) is 24.3 Å². The zero-order valence-electron chi connectivity index (χ0n) is 17.4. The molecule has 2 amide bonds. The second kappa shape index (κ2) is 11.7. The van der Waals surface area contributed by atoms with Crippen LogP contribution in [0.15, 0.2) is 89.8 Å². The zero-order valence-corrected chi connectivity index (χ0v) is 18.3. The first-order valence-electron chi connectivity index (χ1n) is 10.1. The molecule has 0 aliphatic rings. The molecule has 0 saturated carbocycles. The van der Waals surface area contributed by atoms with Crippen LogP contribution < -0.4 is 10.6 Å². The second-order valence-corrected chi connectivity index (χ2v) is 7.64. The molecule has 0 aliphatic carbocycles. The fourth-order valence-electron chi connectivity index (χ4n) is 3.04. The van der Waals surface area contributed by atoms with Gasteiger partial charge in [0, 0.05) is 11.3 Å². The maximum atomic E-state index is 12.9. The van der Waals surface area contributed by atoms with Crippen molar-refractivity contribution in [2.75, 3.05) is 5.32 Å². The number of anilines is 1. The standard InChI is InChI=1S/C25H24N2O4S/c28-22(15-18-9-3-1-4-10-18)21(16-24(29)26-20-13-7-8-14-23(20)32)27-25(30)31-17-19-11-5-2-6-12-19/h1-14,21,32H,15-17H2,(H,26,29)(H,27,30). The van der Waals surface area contributed by atoms with Crippen LogP contribution in [0.3, 0.4) is 0 Å². The van der Waals surface area contributed by atoms with E-state index in [0.29, 0.717) is 10.6 Å². The second-order valence-electron chi connectivity index (χ2n) is 7.16. The fourth-order valence-corrected chi connectivity index (χ4v) is 3.26. The predicted octanol–water partition coefficient (Wildman–Crippen LogP) is 4.41. The molecule has 164 valence electrons. The van der Waals surface area contributed by atoms with Crippen LogP contribution in [0.5, 0.6) is 0 Å². The first kappa shape index (κ1) is 23.1. The Morgan fingerprint density at radius 1 is 0.812 bits per heavy atom. The number of rotatable bonds is 9. The molecule has 3 aromatic rings. The van der Waals surface area contributed by atoms with Crippen molar-refractivity contribution in [1.29, 1.82) is 0 Å². The van der Waals surface area contributed by atoms with Crippen molar-refractivity contribution in [3.8, 4) is 0 Å². The van der Waals surface area contributed by atoms with E-state index < -0.39 is 18.0 Å². The third-order valence-corrected chi connectivity index (χ3v) is 5.07. The molecule has 3 aromatic carbocycles. The van der Waals surface area contributed by atoms with E-state index in [2.05, 4.69) is 23.3 Å². The van der Waals surface area contributed by atoms with Gasteiger partial charge in [-0.2, -0.15) is 0 Å². The highest BCUT2D eigenvalue weighted by Crippen LogP contribution is 2.19. The maximum absolute atomic E-state index is 12.9. The van der Waals surface area contributed by atoms with Gasteiger partial charge in [-0.1, -0.05) is 72.8 Å². The summed E-state index contributed by atoms with van der Waals surface area (Å²) in [6, 6.07) is 24.3. The number of Topliss-reactive ketones (excluding diaryl/α,β-unsaturated/α-hetero) is 1. The predicted molar refractivity (Wildman–Crippen MR) is 126 cm³/mol. The Kier molecular flexibility index (Phi) is 8.45. The van der Waals surface area contributed by atoms with Gasteiger partial charge >= 0.3 is 6.09 Å². The van der Waals surface area contributed by atoms with Gasteiger partial charge in [-0.05, 0) is 23.3 Å². The van der Waals surface area contributed by atoms with Gasteiger partial charge in [0.05, 0.1) is 18.2 Å². The van der Waals surface area contributed by atoms with Crippen LogP contribution in [0.25, 0.3) is 0 Å². The van der Waals surface area contributed by atoms with E-state index in [4.69, 9.17) is 4.74 Å². The van der Waals surface area contributed by atoms with Crippen molar-refractivity contribution in [3.63, 3.8) is 0 Å². The van der Waals surface area contributed by atoms with Crippen molar-refractivity contribution in [2.24, 2.45) is 0 Å². The lowest BCUT2D eigenvalue weighted by atomic mass is 10.0. The highest BCUT2D eigenvalue weighted by atomic mass is 32.1. The lowest BCUT2D eigenvalue weighted by Gasteiger charge is -2.18. The van der Waals surface area contributed by atoms with Gasteiger partial charge in [-0.15, -0.1) is 12.6 Å². The highest BCUT2D eigenvalue weighted by Gasteiger charge is 2.25. The summed E-state index contributed by atoms with van der Waals surface area (Å²) in [5.41, 5.74) is 2.14. The van der Waals surface area contributed by atoms with E-state index in [1.807, 2.05) is 60.7 Å². The Bertz CT molecular complexity index is 1060. The topological polar surface area (TPSA) is 84.5 Å². The van der Waals surface area contributed by atoms with E-state index in [9.17, 15) is 14.4 Å². The lowest BCUT2D eigenvalue weighted by Crippen LogP contribution is -2.44. The number of nitrogens with one attached hydrogen (secondary N) is 2. The van der Waals surface area contributed by atoms with Crippen LogP contribution in [0, 0.1) is 0 Å². The number of alkyl carbamates (subject to hydrolysis) is 1. The average molecular weight is 449 g/mol. The lowest BCUT2D eigenvalue weighted by molar-refractivity contribution is -0.124. The largest absolute Gasteiger partial charge is 0.445 e. The van der Waals surface area contributed by atoms with Crippen molar-refractivity contribution in [1.82, 2.24) is 5.32 Å². The molecule has 0 saturated heterocycles. The highest BCUT2D eigenvalue weighted by molar-refractivity contribution is 7.80. The molecule has 0 aromatic heterocycles. The summed E-state index contributed by atoms with van der Waals surface area (Å²) < 4.78 is 5.23. The van der Waals surface area contributed by atoms with E-state index in [-0.39, 0.29) is 25.2 Å². The average Bonchev–Trinajstić information content (AvgIpc) is 2.80. The Labute approximate surface area is 192 Å². The summed E-state index contributed by atoms with van der Waals surface area (Å²) in [6.07, 6.45) is -0.905. The number of ether oxygens (including phenoxy) is 1. The molecule has 0 radical (unpaired) electrons. The molecule has 32 heavy (non-hydrogen) atoms. The summed E-state index contributed by atoms with van der Waals surface area (Å²) in [5, 5.41) is 5.28. The summed E-state index contributed by atoms with van der Waals surface area (Å²) in [4.78, 5) is 38.5. The molecule has 2 N–H and O–H groups in total. The van der Waals surface area contributed by atoms with Gasteiger partial charge in [-0.25, -0.2) is 4.79 Å². The maximum Gasteiger partial charge on any atom is 0.408 e. The van der Waals surface area contributed by atoms with Crippen molar-refractivity contribution in [2.45, 2.75) is 30.4 Å². The number of hydrogen-bond acceptors (Lipinski definition) is 5. The molecule has 0 fully saturated rings. The SMILES string of the molecule is O=C(CC(NC(=O)OCc1ccccc1)C(=O)Cc1ccccc1)Nc1ccccc1S.